The van der Waals surface area contributed by atoms with E-state index in [-0.39, 0.29) is 58.1 Å². The zero-order chi connectivity index (χ0) is 26.3. The minimum absolute atomic E-state index is 0.00909. The average Bonchev–Trinajstić information content (AvgIpc) is 3.60. The maximum absolute atomic E-state index is 13.7. The number of carbonyl (C=O) groups excluding carboxylic acids is 3. The lowest BCUT2D eigenvalue weighted by atomic mass is 9.68. The number of aryl methyl sites for hydroxylation is 1. The van der Waals surface area contributed by atoms with Crippen LogP contribution in [0.15, 0.2) is 58.4 Å². The average molecular weight is 566 g/mol. The Bertz CT molecular complexity index is 1550. The van der Waals surface area contributed by atoms with Crippen molar-refractivity contribution < 1.29 is 14.4 Å². The van der Waals surface area contributed by atoms with E-state index in [0.717, 1.165) is 27.5 Å². The van der Waals surface area contributed by atoms with Gasteiger partial charge in [0.05, 0.1) is 16.9 Å². The zero-order valence-corrected chi connectivity index (χ0v) is 22.7. The number of halogens is 1. The number of hydrogen-bond acceptors (Lipinski definition) is 6. The lowest BCUT2D eigenvalue weighted by Gasteiger charge is -2.43. The molecule has 3 fully saturated rings. The lowest BCUT2D eigenvalue weighted by Crippen LogP contribution is -2.42. The molecule has 3 heterocycles. The number of amides is 3. The van der Waals surface area contributed by atoms with Gasteiger partial charge in [-0.15, -0.1) is 11.8 Å². The summed E-state index contributed by atoms with van der Waals surface area (Å²) in [4.78, 5) is 57.6. The van der Waals surface area contributed by atoms with Gasteiger partial charge in [-0.2, -0.15) is 0 Å². The van der Waals surface area contributed by atoms with Gasteiger partial charge in [-0.25, -0.2) is 0 Å². The first-order chi connectivity index (χ1) is 18.3. The second-order valence-electron chi connectivity index (χ2n) is 10.7. The number of hydrogen-bond donors (Lipinski definition) is 2. The van der Waals surface area contributed by atoms with Crippen LogP contribution in [0.1, 0.15) is 28.3 Å². The third-order valence-electron chi connectivity index (χ3n) is 8.65. The van der Waals surface area contributed by atoms with Crippen molar-refractivity contribution in [3.05, 3.63) is 79.2 Å². The fourth-order valence-electron chi connectivity index (χ4n) is 7.34. The molecule has 2 aliphatic heterocycles. The third-order valence-corrected chi connectivity index (χ3v) is 11.5. The number of thiazole rings is 1. The molecule has 1 aromatic heterocycles. The lowest BCUT2D eigenvalue weighted by molar-refractivity contribution is -0.143. The number of likely N-dealkylation sites (tertiary alicyclic amines) is 1. The van der Waals surface area contributed by atoms with Crippen LogP contribution in [0, 0.1) is 36.5 Å². The number of aromatic amines is 1. The first-order valence-electron chi connectivity index (χ1n) is 12.7. The van der Waals surface area contributed by atoms with Crippen LogP contribution in [-0.4, -0.2) is 39.4 Å². The number of rotatable bonds is 4. The summed E-state index contributed by atoms with van der Waals surface area (Å²) in [7, 11) is 0. The number of nitrogens with zero attached hydrogens (tertiary/aromatic N) is 1. The number of carbonyl (C=O) groups is 3. The van der Waals surface area contributed by atoms with Gasteiger partial charge >= 0.3 is 4.87 Å². The van der Waals surface area contributed by atoms with Crippen molar-refractivity contribution in [2.24, 2.45) is 29.6 Å². The van der Waals surface area contributed by atoms with Gasteiger partial charge in [-0.1, -0.05) is 47.2 Å². The predicted molar refractivity (Wildman–Crippen MR) is 146 cm³/mol. The molecule has 0 radical (unpaired) electrons. The molecule has 10 heteroatoms. The van der Waals surface area contributed by atoms with Crippen LogP contribution < -0.4 is 10.2 Å². The van der Waals surface area contributed by atoms with E-state index in [1.54, 1.807) is 17.8 Å². The van der Waals surface area contributed by atoms with Crippen LogP contribution in [0.3, 0.4) is 0 Å². The van der Waals surface area contributed by atoms with Gasteiger partial charge in [-0.3, -0.25) is 24.1 Å². The van der Waals surface area contributed by atoms with E-state index < -0.39 is 11.8 Å². The number of nitrogens with one attached hydrogen (secondary N) is 2. The normalized spacial score (nSPS) is 30.8. The van der Waals surface area contributed by atoms with Crippen molar-refractivity contribution in [2.75, 3.05) is 11.9 Å². The van der Waals surface area contributed by atoms with Crippen LogP contribution >= 0.6 is 34.7 Å². The van der Waals surface area contributed by atoms with Crippen molar-refractivity contribution in [3.63, 3.8) is 0 Å². The molecule has 2 aromatic carbocycles. The highest BCUT2D eigenvalue weighted by Gasteiger charge is 2.69. The minimum Gasteiger partial charge on any atom is -0.325 e. The highest BCUT2D eigenvalue weighted by Crippen LogP contribution is 2.68. The van der Waals surface area contributed by atoms with E-state index in [9.17, 15) is 19.2 Å². The summed E-state index contributed by atoms with van der Waals surface area (Å²) in [6.07, 6.45) is 0.807. The molecule has 4 aliphatic rings. The fraction of sp³-hybridized carbons (Fsp3) is 0.357. The Kier molecular flexibility index (Phi) is 5.62. The Labute approximate surface area is 232 Å². The number of fused-ring (bicyclic) bond motifs is 9. The molecular formula is C28H24ClN3O4S2. The highest BCUT2D eigenvalue weighted by molar-refractivity contribution is 8.00. The van der Waals surface area contributed by atoms with Crippen molar-refractivity contribution in [2.45, 2.75) is 29.5 Å². The van der Waals surface area contributed by atoms with E-state index in [1.165, 1.54) is 16.2 Å². The molecule has 194 valence electrons. The largest absolute Gasteiger partial charge is 0.325 e. The van der Waals surface area contributed by atoms with E-state index in [0.29, 0.717) is 10.7 Å². The molecule has 7 atom stereocenters. The molecule has 2 saturated carbocycles. The number of H-pyrrole nitrogens is 1. The summed E-state index contributed by atoms with van der Waals surface area (Å²) < 4.78 is 0. The van der Waals surface area contributed by atoms with Gasteiger partial charge in [0, 0.05) is 26.8 Å². The maximum Gasteiger partial charge on any atom is 0.305 e. The zero-order valence-electron chi connectivity index (χ0n) is 20.3. The predicted octanol–water partition coefficient (Wildman–Crippen LogP) is 4.51. The van der Waals surface area contributed by atoms with Crippen LogP contribution in [0.4, 0.5) is 5.69 Å². The van der Waals surface area contributed by atoms with Gasteiger partial charge in [0.15, 0.2) is 0 Å². The van der Waals surface area contributed by atoms with Crippen molar-refractivity contribution >= 4 is 58.1 Å². The number of anilines is 1. The minimum atomic E-state index is -0.423. The van der Waals surface area contributed by atoms with Crippen molar-refractivity contribution in [1.82, 2.24) is 9.88 Å². The van der Waals surface area contributed by atoms with Crippen molar-refractivity contribution in [3.8, 4) is 0 Å². The standard InChI is InChI=1S/C28H24ClN3O4S2/c1-12-3-2-4-15(9-12)30-18(33)11-32-26(34)21-16-10-17(22(21)27(32)35)23-20(16)19(13-5-7-14(29)8-6-13)24-25(37-23)31-28(36)38-24/h2-9,16-17,19-23H,10-11H2,1H3,(H,30,33)(H,31,36)/t16?,17?,19-,20?,21?,22?,23?/m1/s1. The summed E-state index contributed by atoms with van der Waals surface area (Å²) in [5.41, 5.74) is 2.71. The van der Waals surface area contributed by atoms with E-state index >= 15 is 0 Å². The van der Waals surface area contributed by atoms with Crippen LogP contribution in [-0.2, 0) is 14.4 Å². The Morgan fingerprint density at radius 3 is 2.55 bits per heavy atom. The fourth-order valence-corrected chi connectivity index (χ4v) is 10.4. The monoisotopic (exact) mass is 565 g/mol. The second kappa shape index (κ2) is 8.83. The van der Waals surface area contributed by atoms with Crippen LogP contribution in [0.25, 0.3) is 0 Å². The van der Waals surface area contributed by atoms with E-state index in [2.05, 4.69) is 10.3 Å². The molecule has 2 N–H and O–H groups in total. The third kappa shape index (κ3) is 3.62. The van der Waals surface area contributed by atoms with Crippen molar-refractivity contribution in [1.29, 1.82) is 0 Å². The molecule has 7 rings (SSSR count). The first kappa shape index (κ1) is 24.2. The molecular weight excluding hydrogens is 542 g/mol. The molecule has 6 unspecified atom stereocenters. The Hall–Kier alpha value is -2.88. The van der Waals surface area contributed by atoms with Gasteiger partial charge in [0.1, 0.15) is 6.54 Å². The maximum atomic E-state index is 13.7. The molecule has 7 nitrogen and oxygen atoms in total. The highest BCUT2D eigenvalue weighted by atomic mass is 35.5. The Balaban J connectivity index is 1.19. The van der Waals surface area contributed by atoms with E-state index in [1.807, 2.05) is 49.4 Å². The topological polar surface area (TPSA) is 99.3 Å². The van der Waals surface area contributed by atoms with Gasteiger partial charge in [0.2, 0.25) is 17.7 Å². The summed E-state index contributed by atoms with van der Waals surface area (Å²) in [5.74, 6) is -1.59. The molecule has 3 aromatic rings. The van der Waals surface area contributed by atoms with Gasteiger partial charge in [0.25, 0.3) is 0 Å². The molecule has 38 heavy (non-hydrogen) atoms. The summed E-state index contributed by atoms with van der Waals surface area (Å²) in [6.45, 7) is 1.66. The number of thioether (sulfide) groups is 1. The number of aromatic nitrogens is 1. The molecule has 3 amide bonds. The van der Waals surface area contributed by atoms with E-state index in [4.69, 9.17) is 11.6 Å². The van der Waals surface area contributed by atoms with Gasteiger partial charge in [-0.05, 0) is 66.5 Å². The Morgan fingerprint density at radius 2 is 1.82 bits per heavy atom. The summed E-state index contributed by atoms with van der Waals surface area (Å²) >= 11 is 9.06. The molecule has 2 aliphatic carbocycles. The second-order valence-corrected chi connectivity index (χ2v) is 13.3. The first-order valence-corrected chi connectivity index (χ1v) is 14.7. The molecule has 0 spiro atoms. The smallest absolute Gasteiger partial charge is 0.305 e. The SMILES string of the molecule is Cc1cccc(NC(=O)CN2C(=O)C3C4CC(C3C2=O)C2C4Sc3[nH]c(=O)sc3[C@@H]2c2ccc(Cl)cc2)c1. The molecule has 2 bridgehead atoms. The van der Waals surface area contributed by atoms with Crippen LogP contribution in [0.2, 0.25) is 5.02 Å². The Morgan fingerprint density at radius 1 is 1.08 bits per heavy atom. The molecule has 1 saturated heterocycles. The van der Waals surface area contributed by atoms with Crippen LogP contribution in [0.5, 0.6) is 0 Å². The van der Waals surface area contributed by atoms with Gasteiger partial charge < -0.3 is 10.3 Å². The summed E-state index contributed by atoms with van der Waals surface area (Å²) in [6, 6.07) is 15.1. The number of imide groups is 1. The summed E-state index contributed by atoms with van der Waals surface area (Å²) in [5, 5.41) is 4.44. The quantitative estimate of drug-likeness (QED) is 0.454. The number of benzene rings is 2.